The number of ether oxygens (including phenoxy) is 5. The zero-order valence-corrected chi connectivity index (χ0v) is 48.0. The van der Waals surface area contributed by atoms with E-state index in [2.05, 4.69) is 0 Å². The summed E-state index contributed by atoms with van der Waals surface area (Å²) in [6.07, 6.45) is 10.2. The van der Waals surface area contributed by atoms with Crippen LogP contribution in [0.3, 0.4) is 0 Å². The van der Waals surface area contributed by atoms with Gasteiger partial charge < -0.3 is 43.3 Å². The molecule has 6 bridgehead atoms. The maximum absolute atomic E-state index is 15.1. The van der Waals surface area contributed by atoms with Crippen LogP contribution in [0.4, 0.5) is 0 Å². The molecule has 2 aromatic carbocycles. The number of nitrogens with zero attached hydrogens (tertiary/aromatic N) is 1. The highest BCUT2D eigenvalue weighted by Crippen LogP contribution is 2.50. The first-order valence-corrected chi connectivity index (χ1v) is 29.7. The summed E-state index contributed by atoms with van der Waals surface area (Å²) in [6, 6.07) is 17.1. The number of piperidine rings is 1. The molecule has 16 atom stereocenters. The van der Waals surface area contributed by atoms with Crippen molar-refractivity contribution in [1.29, 1.82) is 0 Å². The van der Waals surface area contributed by atoms with Crippen molar-refractivity contribution in [3.8, 4) is 0 Å². The van der Waals surface area contributed by atoms with Crippen molar-refractivity contribution < 1.29 is 67.0 Å². The lowest BCUT2D eigenvalue weighted by Crippen LogP contribution is -2.65. The highest BCUT2D eigenvalue weighted by Gasteiger charge is 2.57. The minimum Gasteiger partial charge on any atom is -0.460 e. The van der Waals surface area contributed by atoms with Gasteiger partial charge in [0.2, 0.25) is 5.79 Å². The van der Waals surface area contributed by atoms with Crippen LogP contribution in [0.5, 0.6) is 0 Å². The van der Waals surface area contributed by atoms with Gasteiger partial charge in [0.1, 0.15) is 30.1 Å². The number of carbonyl (C=O) groups is 5. The predicted octanol–water partition coefficient (Wildman–Crippen LogP) is 8.35. The number of benzene rings is 2. The van der Waals surface area contributed by atoms with Crippen LogP contribution in [-0.4, -0.2) is 127 Å². The Balaban J connectivity index is 1.20. The molecular weight excluding hydrogens is 1010 g/mol. The van der Waals surface area contributed by atoms with Crippen molar-refractivity contribution in [3.05, 3.63) is 108 Å². The molecule has 4 aliphatic heterocycles. The zero-order valence-electron chi connectivity index (χ0n) is 47.1. The molecule has 10 unspecified atom stereocenters. The average Bonchev–Trinajstić information content (AvgIpc) is 3.44. The number of rotatable bonds is 9. The van der Waals surface area contributed by atoms with Crippen LogP contribution in [0.1, 0.15) is 112 Å². The Morgan fingerprint density at radius 2 is 1.45 bits per heavy atom. The highest BCUT2D eigenvalue weighted by atomic mass is 31.2. The second-order valence-electron chi connectivity index (χ2n) is 22.8. The van der Waals surface area contributed by atoms with Gasteiger partial charge in [-0.05, 0) is 125 Å². The first kappa shape index (κ1) is 60.9. The predicted molar refractivity (Wildman–Crippen MR) is 297 cm³/mol. The molecule has 7 rings (SSSR count). The Hall–Kier alpha value is -4.70. The fourth-order valence-corrected chi connectivity index (χ4v) is 15.0. The van der Waals surface area contributed by atoms with Gasteiger partial charge in [-0.25, -0.2) is 4.79 Å². The van der Waals surface area contributed by atoms with Gasteiger partial charge in [-0.3, -0.25) is 23.7 Å². The van der Waals surface area contributed by atoms with E-state index in [0.717, 1.165) is 5.57 Å². The molecule has 1 saturated carbocycles. The summed E-state index contributed by atoms with van der Waals surface area (Å²) in [6.45, 7) is 10.8. The molecule has 0 radical (unpaired) electrons. The minimum atomic E-state index is -3.58. The van der Waals surface area contributed by atoms with Crippen LogP contribution >= 0.6 is 7.37 Å². The van der Waals surface area contributed by atoms with Gasteiger partial charge in [-0.2, -0.15) is 0 Å². The summed E-state index contributed by atoms with van der Waals surface area (Å²) in [5.74, 6) is -8.93. The zero-order chi connectivity index (χ0) is 56.5. The van der Waals surface area contributed by atoms with Crippen LogP contribution in [0.25, 0.3) is 0 Å². The Labute approximate surface area is 461 Å². The van der Waals surface area contributed by atoms with Gasteiger partial charge in [0, 0.05) is 75.0 Å². The van der Waals surface area contributed by atoms with Gasteiger partial charge in [0.15, 0.2) is 5.78 Å². The van der Waals surface area contributed by atoms with E-state index in [1.54, 1.807) is 41.1 Å². The molecular formula is C62H84NO14P. The molecule has 0 spiro atoms. The number of hydrogen-bond acceptors (Lipinski definition) is 14. The fourth-order valence-electron chi connectivity index (χ4n) is 12.7. The molecule has 0 aromatic heterocycles. The summed E-state index contributed by atoms with van der Waals surface area (Å²) in [5, 5.41) is 24.9. The first-order chi connectivity index (χ1) is 37.2. The summed E-state index contributed by atoms with van der Waals surface area (Å²) < 4.78 is 52.1. The van der Waals surface area contributed by atoms with Gasteiger partial charge in [-0.15, -0.1) is 0 Å². The normalized spacial score (nSPS) is 37.7. The molecule has 1 amide bonds. The van der Waals surface area contributed by atoms with Crippen LogP contribution in [0.2, 0.25) is 0 Å². The number of hydrogen-bond donors (Lipinski definition) is 2. The number of fused-ring (bicyclic) bond motifs is 3. The number of aliphatic hydroxyl groups excluding tert-OH is 1. The lowest BCUT2D eigenvalue weighted by atomic mass is 9.68. The number of amides is 1. The van der Waals surface area contributed by atoms with E-state index in [0.29, 0.717) is 80.4 Å². The van der Waals surface area contributed by atoms with E-state index in [-0.39, 0.29) is 36.4 Å². The van der Waals surface area contributed by atoms with E-state index in [1.807, 2.05) is 112 Å². The molecule has 3 saturated heterocycles. The Morgan fingerprint density at radius 3 is 2.09 bits per heavy atom. The van der Waals surface area contributed by atoms with Gasteiger partial charge in [0.25, 0.3) is 19.1 Å². The molecule has 2 aromatic rings. The van der Waals surface area contributed by atoms with E-state index in [4.69, 9.17) is 28.2 Å². The van der Waals surface area contributed by atoms with Gasteiger partial charge >= 0.3 is 5.97 Å². The third-order valence-electron chi connectivity index (χ3n) is 17.4. The second-order valence-corrected chi connectivity index (χ2v) is 25.2. The molecule has 2 N–H and O–H groups in total. The SMILES string of the molecule is COC1CC(C[C@@H]2C3CC(=O)C(C)/C=C(\C)C(O)[C@@H](OC)C(=O)C(C)C[C@H](C)/C=C/C=C/C=C(\C)[C@@H](OC)C[C@@H]4CCC(C)C(O)(O4)C(=O)C(=O)N4CCCC2C4C(=O)O3)CC[C@H]1OP(=O)(c1ccccc1)c1ccccc1. The van der Waals surface area contributed by atoms with Crippen molar-refractivity contribution in [2.24, 2.45) is 41.4 Å². The summed E-state index contributed by atoms with van der Waals surface area (Å²) in [4.78, 5) is 73.5. The number of esters is 1. The van der Waals surface area contributed by atoms with Crippen LogP contribution < -0.4 is 10.6 Å². The number of carbonyl (C=O) groups excluding carboxylic acids is 5. The van der Waals surface area contributed by atoms with Gasteiger partial charge in [-0.1, -0.05) is 101 Å². The maximum Gasteiger partial charge on any atom is 0.329 e. The monoisotopic (exact) mass is 1100 g/mol. The van der Waals surface area contributed by atoms with Crippen LogP contribution in [0, 0.1) is 41.4 Å². The summed E-state index contributed by atoms with van der Waals surface area (Å²) >= 11 is 0. The molecule has 426 valence electrons. The van der Waals surface area contributed by atoms with Crippen molar-refractivity contribution in [2.75, 3.05) is 27.9 Å². The summed E-state index contributed by atoms with van der Waals surface area (Å²) in [7, 11) is 0.987. The number of methoxy groups -OCH3 is 3. The molecule has 15 nitrogen and oxygen atoms in total. The smallest absolute Gasteiger partial charge is 0.329 e. The third-order valence-corrected chi connectivity index (χ3v) is 19.9. The minimum absolute atomic E-state index is 0.00414. The maximum atomic E-state index is 15.1. The lowest BCUT2D eigenvalue weighted by molar-refractivity contribution is -0.266. The Kier molecular flexibility index (Phi) is 21.2. The lowest BCUT2D eigenvalue weighted by Gasteiger charge is -2.50. The number of Topliss-reactive ketones (excluding diaryl/α,β-unsaturated/α-hetero) is 3. The molecule has 78 heavy (non-hydrogen) atoms. The molecule has 16 heteroatoms. The van der Waals surface area contributed by atoms with Crippen LogP contribution in [-0.2, 0) is 56.7 Å². The molecule has 5 aliphatic rings. The highest BCUT2D eigenvalue weighted by molar-refractivity contribution is 7.74. The van der Waals surface area contributed by atoms with E-state index in [9.17, 15) is 34.2 Å². The van der Waals surface area contributed by atoms with Crippen LogP contribution in [0.15, 0.2) is 108 Å². The third kappa shape index (κ3) is 13.9. The van der Waals surface area contributed by atoms with E-state index >= 15 is 4.57 Å². The molecule has 4 fully saturated rings. The average molecular weight is 1100 g/mol. The molecule has 4 heterocycles. The van der Waals surface area contributed by atoms with Crippen molar-refractivity contribution in [2.45, 2.75) is 167 Å². The van der Waals surface area contributed by atoms with Crippen molar-refractivity contribution in [1.82, 2.24) is 4.90 Å². The van der Waals surface area contributed by atoms with Gasteiger partial charge in [0.05, 0.1) is 24.4 Å². The van der Waals surface area contributed by atoms with Crippen molar-refractivity contribution >= 4 is 47.2 Å². The largest absolute Gasteiger partial charge is 0.460 e. The van der Waals surface area contributed by atoms with E-state index in [1.165, 1.54) is 12.0 Å². The quantitative estimate of drug-likeness (QED) is 0.105. The van der Waals surface area contributed by atoms with E-state index < -0.39 is 109 Å². The summed E-state index contributed by atoms with van der Waals surface area (Å²) in [5.41, 5.74) is 1.25. The Bertz CT molecular complexity index is 2540. The second kappa shape index (κ2) is 27.2. The van der Waals surface area contributed by atoms with Crippen molar-refractivity contribution in [3.63, 3.8) is 0 Å². The first-order valence-electron chi connectivity index (χ1n) is 28.1. The molecule has 1 aliphatic carbocycles. The standard InChI is InChI=1S/C62H84NO14P/c1-38-20-13-10-14-21-39(2)52(72-7)36-45-29-27-43(6)62(70,76-45)59(67)60(68)63-31-19-26-48-49(53(75-61(69)55(48)63)37-50(64)40(3)33-42(5)57(66)58(74-9)56(65)41(4)32-38)34-44-28-30-51(54(35-44)73-8)77-78(71,46-22-15-11-16-23-46)47-24-17-12-18-25-47/h10-18,20-25,33,38,40-41,43-45,48-49,51-55,57-58,66,70H,19,26-32,34-37H2,1-9H3/b14-10+,20-13+,39-21+,42-33+/t38-,40?,41?,43?,44?,45+,48?,49+,51-,52+,53?,54?,55?,57?,58+,62?/m1/s1. The number of ketones is 3. The Morgan fingerprint density at radius 1 is 0.769 bits per heavy atom. The number of aliphatic hydroxyl groups is 2. The topological polar surface area (TPSA) is 202 Å². The fraction of sp³-hybridized carbons (Fsp3) is 0.597. The number of allylic oxidation sites excluding steroid dienone is 6.